The Morgan fingerprint density at radius 3 is 2.81 bits per heavy atom. The SMILES string of the molecule is C[C@]12C=CC(=O)C=C1[C@@H]1CC1[C@H]1[C@@H]3CC[C@@]4(CCC(=O)O4)[C@@]3(C)CC3O[C@]312. The molecule has 2 aliphatic heterocycles. The predicted molar refractivity (Wildman–Crippen MR) is 96.5 cm³/mol. The fourth-order valence-electron chi connectivity index (χ4n) is 8.75. The topological polar surface area (TPSA) is 55.9 Å². The summed E-state index contributed by atoms with van der Waals surface area (Å²) >= 11 is 0. The van der Waals surface area contributed by atoms with Gasteiger partial charge in [-0.2, -0.15) is 0 Å². The highest BCUT2D eigenvalue weighted by molar-refractivity contribution is 6.01. The van der Waals surface area contributed by atoms with Gasteiger partial charge in [-0.05, 0) is 74.9 Å². The zero-order chi connectivity index (χ0) is 18.4. The zero-order valence-electron chi connectivity index (χ0n) is 16.0. The van der Waals surface area contributed by atoms with Crippen LogP contribution >= 0.6 is 0 Å². The van der Waals surface area contributed by atoms with Crippen LogP contribution in [0.15, 0.2) is 23.8 Å². The van der Waals surface area contributed by atoms with Crippen LogP contribution < -0.4 is 0 Å². The molecule has 0 aromatic heterocycles. The molecule has 0 aromatic carbocycles. The van der Waals surface area contributed by atoms with E-state index in [2.05, 4.69) is 19.9 Å². The van der Waals surface area contributed by atoms with Gasteiger partial charge < -0.3 is 9.47 Å². The summed E-state index contributed by atoms with van der Waals surface area (Å²) < 4.78 is 12.7. The Balaban J connectivity index is 1.37. The summed E-state index contributed by atoms with van der Waals surface area (Å²) in [7, 11) is 0. The number of ether oxygens (including phenoxy) is 2. The summed E-state index contributed by atoms with van der Waals surface area (Å²) in [4.78, 5) is 24.1. The van der Waals surface area contributed by atoms with Gasteiger partial charge >= 0.3 is 5.97 Å². The molecule has 4 nitrogen and oxygen atoms in total. The molecule has 6 fully saturated rings. The fourth-order valence-corrected chi connectivity index (χ4v) is 8.75. The Hall–Kier alpha value is -1.42. The smallest absolute Gasteiger partial charge is 0.306 e. The highest BCUT2D eigenvalue weighted by atomic mass is 16.6. The summed E-state index contributed by atoms with van der Waals surface area (Å²) in [5.74, 6) is 2.41. The molecule has 0 aromatic rings. The molecule has 7 rings (SSSR count). The Kier molecular flexibility index (Phi) is 2.37. The highest BCUT2D eigenvalue weighted by Gasteiger charge is 2.85. The average Bonchev–Trinajstić information content (AvgIpc) is 3.49. The van der Waals surface area contributed by atoms with Gasteiger partial charge in [0.2, 0.25) is 0 Å². The van der Waals surface area contributed by atoms with Crippen molar-refractivity contribution in [2.24, 2.45) is 34.5 Å². The summed E-state index contributed by atoms with van der Waals surface area (Å²) in [5, 5.41) is 0. The van der Waals surface area contributed by atoms with Crippen molar-refractivity contribution in [2.75, 3.05) is 0 Å². The first-order valence-electron chi connectivity index (χ1n) is 10.7. The number of fused-ring (bicyclic) bond motifs is 7. The number of hydrogen-bond donors (Lipinski definition) is 0. The monoisotopic (exact) mass is 366 g/mol. The first-order valence-corrected chi connectivity index (χ1v) is 10.7. The maximum atomic E-state index is 12.1. The number of hydrogen-bond acceptors (Lipinski definition) is 4. The van der Waals surface area contributed by atoms with E-state index in [0.717, 1.165) is 25.7 Å². The summed E-state index contributed by atoms with van der Waals surface area (Å²) in [6.07, 6.45) is 11.9. The van der Waals surface area contributed by atoms with E-state index in [0.29, 0.717) is 30.1 Å². The van der Waals surface area contributed by atoms with Gasteiger partial charge in [-0.3, -0.25) is 9.59 Å². The van der Waals surface area contributed by atoms with Crippen LogP contribution in [0.3, 0.4) is 0 Å². The van der Waals surface area contributed by atoms with Crippen LogP contribution in [0.4, 0.5) is 0 Å². The van der Waals surface area contributed by atoms with Crippen molar-refractivity contribution in [3.8, 4) is 0 Å². The lowest BCUT2D eigenvalue weighted by molar-refractivity contribution is -0.164. The summed E-state index contributed by atoms with van der Waals surface area (Å²) in [6, 6.07) is 0. The molecule has 27 heavy (non-hydrogen) atoms. The predicted octanol–water partition coefficient (Wildman–Crippen LogP) is 3.36. The molecule has 2 heterocycles. The van der Waals surface area contributed by atoms with E-state index in [9.17, 15) is 9.59 Å². The van der Waals surface area contributed by atoms with Crippen LogP contribution in [0, 0.1) is 34.5 Å². The van der Waals surface area contributed by atoms with Crippen molar-refractivity contribution >= 4 is 11.8 Å². The van der Waals surface area contributed by atoms with Crippen molar-refractivity contribution in [2.45, 2.75) is 69.7 Å². The van der Waals surface area contributed by atoms with E-state index in [1.165, 1.54) is 12.0 Å². The second-order valence-corrected chi connectivity index (χ2v) is 10.7. The standard InChI is InChI=1S/C23H26O4/c1-20-6-3-12(24)9-16(20)13-10-14(13)19-15-4-7-22(8-5-18(25)27-22)21(15,2)11-17-23(19,20)26-17/h3,6,9,13-15,17,19H,4-5,7-8,10-11H2,1-2H3/t13-,14?,15+,17?,19+,20+,21+,22-,23-/m1/s1. The van der Waals surface area contributed by atoms with Crippen molar-refractivity contribution in [1.82, 2.24) is 0 Å². The molecule has 9 atom stereocenters. The Morgan fingerprint density at radius 2 is 2.04 bits per heavy atom. The van der Waals surface area contributed by atoms with E-state index in [1.807, 2.05) is 6.08 Å². The highest BCUT2D eigenvalue weighted by Crippen LogP contribution is 2.82. The number of rotatable bonds is 0. The summed E-state index contributed by atoms with van der Waals surface area (Å²) in [5.41, 5.74) is 0.839. The van der Waals surface area contributed by atoms with E-state index in [4.69, 9.17) is 9.47 Å². The van der Waals surface area contributed by atoms with Crippen LogP contribution in [0.1, 0.15) is 52.4 Å². The average molecular weight is 366 g/mol. The largest absolute Gasteiger partial charge is 0.458 e. The van der Waals surface area contributed by atoms with Gasteiger partial charge in [0, 0.05) is 17.3 Å². The molecule has 0 bridgehead atoms. The van der Waals surface area contributed by atoms with Gasteiger partial charge in [-0.15, -0.1) is 0 Å². The van der Waals surface area contributed by atoms with Crippen LogP contribution in [0.5, 0.6) is 0 Å². The van der Waals surface area contributed by atoms with Gasteiger partial charge in [0.25, 0.3) is 0 Å². The third kappa shape index (κ3) is 1.43. The lowest BCUT2D eigenvalue weighted by atomic mass is 9.47. The lowest BCUT2D eigenvalue weighted by Crippen LogP contribution is -2.60. The molecule has 4 heteroatoms. The molecule has 0 radical (unpaired) electrons. The lowest BCUT2D eigenvalue weighted by Gasteiger charge is -2.55. The molecule has 5 aliphatic carbocycles. The molecule has 2 unspecified atom stereocenters. The Labute approximate surface area is 159 Å². The molecule has 2 spiro atoms. The van der Waals surface area contributed by atoms with E-state index in [-0.39, 0.29) is 39.9 Å². The minimum absolute atomic E-state index is 0.00993. The third-order valence-corrected chi connectivity index (χ3v) is 10.0. The summed E-state index contributed by atoms with van der Waals surface area (Å²) in [6.45, 7) is 4.70. The Bertz CT molecular complexity index is 887. The second-order valence-electron chi connectivity index (χ2n) is 10.7. The van der Waals surface area contributed by atoms with Crippen molar-refractivity contribution in [1.29, 1.82) is 0 Å². The molecule has 4 saturated carbocycles. The molecular formula is C23H26O4. The van der Waals surface area contributed by atoms with Gasteiger partial charge in [0.15, 0.2) is 5.78 Å². The molecule has 142 valence electrons. The number of ketones is 1. The number of carbonyl (C=O) groups excluding carboxylic acids is 2. The van der Waals surface area contributed by atoms with Gasteiger partial charge in [0.1, 0.15) is 11.2 Å². The normalized spacial score (nSPS) is 61.4. The zero-order valence-corrected chi connectivity index (χ0v) is 16.0. The van der Waals surface area contributed by atoms with E-state index >= 15 is 0 Å². The quantitative estimate of drug-likeness (QED) is 0.487. The fraction of sp³-hybridized carbons (Fsp3) is 0.739. The molecule has 2 saturated heterocycles. The van der Waals surface area contributed by atoms with Crippen molar-refractivity contribution in [3.05, 3.63) is 23.8 Å². The van der Waals surface area contributed by atoms with E-state index < -0.39 is 0 Å². The molecule has 7 aliphatic rings. The minimum Gasteiger partial charge on any atom is -0.458 e. The number of allylic oxidation sites excluding steroid dienone is 2. The van der Waals surface area contributed by atoms with Crippen molar-refractivity contribution in [3.63, 3.8) is 0 Å². The van der Waals surface area contributed by atoms with Gasteiger partial charge in [-0.1, -0.05) is 18.6 Å². The number of epoxide rings is 1. The molecular weight excluding hydrogens is 340 g/mol. The first kappa shape index (κ1) is 15.5. The third-order valence-electron chi connectivity index (χ3n) is 10.0. The van der Waals surface area contributed by atoms with Crippen LogP contribution in [0.2, 0.25) is 0 Å². The van der Waals surface area contributed by atoms with Crippen LogP contribution in [-0.4, -0.2) is 29.1 Å². The number of esters is 1. The molecule has 0 amide bonds. The second kappa shape index (κ2) is 4.12. The van der Waals surface area contributed by atoms with Crippen molar-refractivity contribution < 1.29 is 19.1 Å². The van der Waals surface area contributed by atoms with Crippen LogP contribution in [0.25, 0.3) is 0 Å². The van der Waals surface area contributed by atoms with Gasteiger partial charge in [0.05, 0.1) is 6.10 Å². The maximum absolute atomic E-state index is 12.1. The maximum Gasteiger partial charge on any atom is 0.306 e. The Morgan fingerprint density at radius 1 is 1.19 bits per heavy atom. The van der Waals surface area contributed by atoms with Gasteiger partial charge in [-0.25, -0.2) is 0 Å². The minimum atomic E-state index is -0.257. The molecule has 0 N–H and O–H groups in total. The van der Waals surface area contributed by atoms with Crippen LogP contribution in [-0.2, 0) is 19.1 Å². The number of carbonyl (C=O) groups is 2. The van der Waals surface area contributed by atoms with E-state index in [1.54, 1.807) is 6.08 Å². The first-order chi connectivity index (χ1) is 12.8.